The predicted octanol–water partition coefficient (Wildman–Crippen LogP) is 0.500. The van der Waals surface area contributed by atoms with Crippen LogP contribution in [-0.2, 0) is 0 Å². The molecule has 0 aliphatic rings. The zero-order valence-electron chi connectivity index (χ0n) is 9.47. The van der Waals surface area contributed by atoms with Crippen molar-refractivity contribution in [3.8, 4) is 5.75 Å². The topological polar surface area (TPSA) is 88.2 Å². The number of carbonyl (C=O) groups excluding carboxylic acids is 1. The normalized spacial score (nSPS) is 12.5. The monoisotopic (exact) mass is 223 g/mol. The first-order valence-corrected chi connectivity index (χ1v) is 5.20. The summed E-state index contributed by atoms with van der Waals surface area (Å²) in [7, 11) is 0. The van der Waals surface area contributed by atoms with Gasteiger partial charge in [-0.15, -0.1) is 0 Å². The van der Waals surface area contributed by atoms with Gasteiger partial charge in [-0.2, -0.15) is 0 Å². The number of nitrogens with one attached hydrogen (secondary N) is 1. The minimum absolute atomic E-state index is 0.0263. The Hall–Kier alpha value is -1.62. The Labute approximate surface area is 94.7 Å². The number of nitrogens with zero attached hydrogens (tertiary/aromatic N) is 1. The van der Waals surface area contributed by atoms with Gasteiger partial charge in [0.2, 0.25) is 0 Å². The van der Waals surface area contributed by atoms with Gasteiger partial charge in [-0.25, -0.2) is 4.98 Å². The highest BCUT2D eigenvalue weighted by Gasteiger charge is 2.14. The Bertz CT molecular complexity index is 366. The highest BCUT2D eigenvalue weighted by Crippen LogP contribution is 2.11. The van der Waals surface area contributed by atoms with Crippen LogP contribution >= 0.6 is 0 Å². The summed E-state index contributed by atoms with van der Waals surface area (Å²) in [6, 6.07) is 2.88. The quantitative estimate of drug-likeness (QED) is 0.693. The first-order chi connectivity index (χ1) is 7.52. The van der Waals surface area contributed by atoms with Crippen LogP contribution in [0.3, 0.4) is 0 Å². The number of aromatic hydroxyl groups is 1. The number of hydrogen-bond acceptors (Lipinski definition) is 4. The molecule has 0 saturated carbocycles. The Morgan fingerprint density at radius 3 is 2.88 bits per heavy atom. The lowest BCUT2D eigenvalue weighted by atomic mass is 10.1. The van der Waals surface area contributed by atoms with Gasteiger partial charge in [-0.05, 0) is 18.1 Å². The lowest BCUT2D eigenvalue weighted by molar-refractivity contribution is 0.0941. The van der Waals surface area contributed by atoms with E-state index in [4.69, 9.17) is 5.73 Å². The van der Waals surface area contributed by atoms with E-state index >= 15 is 0 Å². The molecule has 1 unspecified atom stereocenters. The van der Waals surface area contributed by atoms with Gasteiger partial charge < -0.3 is 16.2 Å². The van der Waals surface area contributed by atoms with Gasteiger partial charge in [0.15, 0.2) is 5.69 Å². The zero-order chi connectivity index (χ0) is 12.1. The summed E-state index contributed by atoms with van der Waals surface area (Å²) in [4.78, 5) is 15.4. The third-order valence-electron chi connectivity index (χ3n) is 2.36. The SMILES string of the molecule is CC(C)C(N)CNC(=O)c1ncccc1O. The van der Waals surface area contributed by atoms with Crippen LogP contribution in [0.1, 0.15) is 24.3 Å². The van der Waals surface area contributed by atoms with Gasteiger partial charge in [-0.3, -0.25) is 4.79 Å². The van der Waals surface area contributed by atoms with E-state index in [-0.39, 0.29) is 23.4 Å². The number of carbonyl (C=O) groups is 1. The van der Waals surface area contributed by atoms with Gasteiger partial charge in [0.25, 0.3) is 5.91 Å². The van der Waals surface area contributed by atoms with Gasteiger partial charge in [0.05, 0.1) is 0 Å². The molecule has 0 saturated heterocycles. The van der Waals surface area contributed by atoms with Crippen molar-refractivity contribution in [2.75, 3.05) is 6.54 Å². The summed E-state index contributed by atoms with van der Waals surface area (Å²) < 4.78 is 0. The van der Waals surface area contributed by atoms with Crippen molar-refractivity contribution >= 4 is 5.91 Å². The number of nitrogens with two attached hydrogens (primary N) is 1. The second kappa shape index (κ2) is 5.46. The molecule has 0 radical (unpaired) electrons. The Kier molecular flexibility index (Phi) is 4.25. The molecule has 1 aromatic rings. The molecule has 88 valence electrons. The highest BCUT2D eigenvalue weighted by molar-refractivity contribution is 5.94. The minimum atomic E-state index is -0.408. The number of aromatic nitrogens is 1. The molecule has 0 bridgehead atoms. The Balaban J connectivity index is 2.57. The third kappa shape index (κ3) is 3.20. The number of pyridine rings is 1. The van der Waals surface area contributed by atoms with Crippen LogP contribution < -0.4 is 11.1 Å². The fourth-order valence-corrected chi connectivity index (χ4v) is 1.10. The molecular formula is C11H17N3O2. The van der Waals surface area contributed by atoms with E-state index in [1.165, 1.54) is 12.3 Å². The average molecular weight is 223 g/mol. The van der Waals surface area contributed by atoms with Crippen LogP contribution in [0.25, 0.3) is 0 Å². The van der Waals surface area contributed by atoms with Gasteiger partial charge >= 0.3 is 0 Å². The zero-order valence-corrected chi connectivity index (χ0v) is 9.47. The lowest BCUT2D eigenvalue weighted by Crippen LogP contribution is -2.40. The van der Waals surface area contributed by atoms with Crippen molar-refractivity contribution in [3.63, 3.8) is 0 Å². The minimum Gasteiger partial charge on any atom is -0.505 e. The van der Waals surface area contributed by atoms with E-state index in [0.29, 0.717) is 6.54 Å². The van der Waals surface area contributed by atoms with E-state index in [2.05, 4.69) is 10.3 Å². The maximum absolute atomic E-state index is 11.6. The third-order valence-corrected chi connectivity index (χ3v) is 2.36. The van der Waals surface area contributed by atoms with Crippen LogP contribution in [-0.4, -0.2) is 28.6 Å². The van der Waals surface area contributed by atoms with Crippen molar-refractivity contribution in [3.05, 3.63) is 24.0 Å². The fourth-order valence-electron chi connectivity index (χ4n) is 1.10. The lowest BCUT2D eigenvalue weighted by Gasteiger charge is -2.15. The van der Waals surface area contributed by atoms with Crippen LogP contribution in [0.2, 0.25) is 0 Å². The molecule has 0 aromatic carbocycles. The van der Waals surface area contributed by atoms with Crippen LogP contribution in [0.5, 0.6) is 5.75 Å². The molecule has 0 aliphatic carbocycles. The summed E-state index contributed by atoms with van der Waals surface area (Å²) in [6.07, 6.45) is 1.46. The Morgan fingerprint density at radius 2 is 2.31 bits per heavy atom. The summed E-state index contributed by atoms with van der Waals surface area (Å²) in [5, 5.41) is 12.0. The largest absolute Gasteiger partial charge is 0.505 e. The molecular weight excluding hydrogens is 206 g/mol. The van der Waals surface area contributed by atoms with Crippen LogP contribution in [0.15, 0.2) is 18.3 Å². The molecule has 1 atom stereocenters. The molecule has 4 N–H and O–H groups in total. The maximum Gasteiger partial charge on any atom is 0.273 e. The molecule has 1 aromatic heterocycles. The smallest absolute Gasteiger partial charge is 0.273 e. The number of amides is 1. The molecule has 16 heavy (non-hydrogen) atoms. The average Bonchev–Trinajstić information content (AvgIpc) is 2.25. The number of hydrogen-bond donors (Lipinski definition) is 3. The first-order valence-electron chi connectivity index (χ1n) is 5.20. The maximum atomic E-state index is 11.6. The summed E-state index contributed by atoms with van der Waals surface area (Å²) in [5.74, 6) is -0.245. The van der Waals surface area contributed by atoms with Gasteiger partial charge in [0.1, 0.15) is 5.75 Å². The molecule has 5 heteroatoms. The van der Waals surface area contributed by atoms with Crippen molar-refractivity contribution in [2.45, 2.75) is 19.9 Å². The van der Waals surface area contributed by atoms with Crippen molar-refractivity contribution < 1.29 is 9.90 Å². The first kappa shape index (κ1) is 12.4. The van der Waals surface area contributed by atoms with Gasteiger partial charge in [-0.1, -0.05) is 13.8 Å². The second-order valence-electron chi connectivity index (χ2n) is 3.99. The molecule has 1 rings (SSSR count). The van der Waals surface area contributed by atoms with Crippen molar-refractivity contribution in [1.82, 2.24) is 10.3 Å². The molecule has 0 aliphatic heterocycles. The van der Waals surface area contributed by atoms with E-state index in [1.807, 2.05) is 13.8 Å². The fraction of sp³-hybridized carbons (Fsp3) is 0.455. The Morgan fingerprint density at radius 1 is 1.62 bits per heavy atom. The summed E-state index contributed by atoms with van der Waals surface area (Å²) in [6.45, 7) is 4.33. The van der Waals surface area contributed by atoms with Crippen molar-refractivity contribution in [1.29, 1.82) is 0 Å². The second-order valence-corrected chi connectivity index (χ2v) is 3.99. The molecule has 1 amide bonds. The highest BCUT2D eigenvalue weighted by atomic mass is 16.3. The molecule has 0 fully saturated rings. The standard InChI is InChI=1S/C11H17N3O2/c1-7(2)8(12)6-14-11(16)10-9(15)4-3-5-13-10/h3-5,7-8,15H,6,12H2,1-2H3,(H,14,16). The molecule has 1 heterocycles. The summed E-state index contributed by atoms with van der Waals surface area (Å²) in [5.41, 5.74) is 5.81. The predicted molar refractivity (Wildman–Crippen MR) is 61.0 cm³/mol. The van der Waals surface area contributed by atoms with Gasteiger partial charge in [0, 0.05) is 18.8 Å². The van der Waals surface area contributed by atoms with E-state index in [0.717, 1.165) is 0 Å². The van der Waals surface area contributed by atoms with E-state index in [1.54, 1.807) is 6.07 Å². The molecule has 0 spiro atoms. The van der Waals surface area contributed by atoms with E-state index < -0.39 is 5.91 Å². The van der Waals surface area contributed by atoms with E-state index in [9.17, 15) is 9.90 Å². The number of rotatable bonds is 4. The van der Waals surface area contributed by atoms with Crippen LogP contribution in [0.4, 0.5) is 0 Å². The summed E-state index contributed by atoms with van der Waals surface area (Å²) >= 11 is 0. The van der Waals surface area contributed by atoms with Crippen molar-refractivity contribution in [2.24, 2.45) is 11.7 Å². The van der Waals surface area contributed by atoms with Crippen LogP contribution in [0, 0.1) is 5.92 Å². The molecule has 5 nitrogen and oxygen atoms in total.